The van der Waals surface area contributed by atoms with E-state index in [4.69, 9.17) is 10.5 Å². The Morgan fingerprint density at radius 2 is 1.79 bits per heavy atom. The van der Waals surface area contributed by atoms with Crippen molar-refractivity contribution >= 4 is 30.0 Å². The molecule has 1 aliphatic rings. The molecule has 3 N–H and O–H groups in total. The second kappa shape index (κ2) is 10.5. The fraction of sp³-hybridized carbons (Fsp3) is 0.200. The Morgan fingerprint density at radius 3 is 2.48 bits per heavy atom. The zero-order chi connectivity index (χ0) is 22.7. The minimum absolute atomic E-state index is 0. The molecule has 172 valence electrons. The lowest BCUT2D eigenvalue weighted by molar-refractivity contribution is -0.142. The van der Waals surface area contributed by atoms with E-state index < -0.39 is 17.8 Å². The minimum Gasteiger partial charge on any atom is -0.468 e. The van der Waals surface area contributed by atoms with E-state index in [0.717, 1.165) is 16.8 Å². The number of halogens is 2. The maximum absolute atomic E-state index is 14.7. The van der Waals surface area contributed by atoms with Gasteiger partial charge in [0.2, 0.25) is 5.91 Å². The number of fused-ring (bicyclic) bond motifs is 1. The second-order valence-corrected chi connectivity index (χ2v) is 7.68. The first-order chi connectivity index (χ1) is 15.4. The third-order valence-electron chi connectivity index (χ3n) is 5.46. The number of rotatable bonds is 7. The molecule has 1 unspecified atom stereocenters. The van der Waals surface area contributed by atoms with Crippen LogP contribution < -0.4 is 15.8 Å². The van der Waals surface area contributed by atoms with Gasteiger partial charge in [-0.2, -0.15) is 0 Å². The van der Waals surface area contributed by atoms with Gasteiger partial charge in [0, 0.05) is 5.69 Å². The third kappa shape index (κ3) is 5.50. The molecule has 33 heavy (non-hydrogen) atoms. The van der Waals surface area contributed by atoms with Crippen LogP contribution in [0.3, 0.4) is 0 Å². The van der Waals surface area contributed by atoms with E-state index in [-0.39, 0.29) is 30.0 Å². The number of benzene rings is 3. The molecule has 0 spiro atoms. The number of methoxy groups -OCH3 is 1. The van der Waals surface area contributed by atoms with E-state index in [1.54, 1.807) is 36.4 Å². The van der Waals surface area contributed by atoms with Gasteiger partial charge < -0.3 is 20.5 Å². The average molecular weight is 471 g/mol. The van der Waals surface area contributed by atoms with Crippen LogP contribution in [0.5, 0.6) is 11.5 Å². The third-order valence-corrected chi connectivity index (χ3v) is 5.46. The standard InChI is InChI=1S/C25H23FN2O4.ClH/c1-31-25(30)21(27)14-15-6-9-17(10-7-15)32-23-11-8-16(13-20(23)26)12-19-18-4-2-3-5-22(18)28-24(19)29;/h2-11,13,19,21H,12,14,27H2,1H3,(H,28,29);1H/t19?,21-;/m1./s1. The number of nitrogens with one attached hydrogen (secondary N) is 1. The van der Waals surface area contributed by atoms with Gasteiger partial charge in [-0.15, -0.1) is 12.4 Å². The maximum atomic E-state index is 14.7. The molecule has 3 aromatic rings. The summed E-state index contributed by atoms with van der Waals surface area (Å²) in [7, 11) is 1.29. The first kappa shape index (κ1) is 24.2. The summed E-state index contributed by atoms with van der Waals surface area (Å²) in [5.74, 6) is -0.877. The minimum atomic E-state index is -0.745. The molecule has 4 rings (SSSR count). The van der Waals surface area contributed by atoms with Crippen molar-refractivity contribution < 1.29 is 23.5 Å². The smallest absolute Gasteiger partial charge is 0.322 e. The van der Waals surface area contributed by atoms with Crippen molar-refractivity contribution in [3.8, 4) is 11.5 Å². The summed E-state index contributed by atoms with van der Waals surface area (Å²) in [5.41, 5.74) is 9.04. The molecule has 1 amide bonds. The van der Waals surface area contributed by atoms with Crippen molar-refractivity contribution in [1.29, 1.82) is 0 Å². The van der Waals surface area contributed by atoms with Gasteiger partial charge >= 0.3 is 5.97 Å². The molecule has 1 heterocycles. The monoisotopic (exact) mass is 470 g/mol. The van der Waals surface area contributed by atoms with Crippen molar-refractivity contribution in [2.24, 2.45) is 5.73 Å². The Hall–Kier alpha value is -3.42. The molecule has 0 fully saturated rings. The van der Waals surface area contributed by atoms with E-state index in [9.17, 15) is 14.0 Å². The SMILES string of the molecule is COC(=O)[C@H](N)Cc1ccc(Oc2ccc(CC3C(=O)Nc4ccccc43)cc2F)cc1.Cl. The van der Waals surface area contributed by atoms with Crippen LogP contribution in [0.2, 0.25) is 0 Å². The molecule has 6 nitrogen and oxygen atoms in total. The van der Waals surface area contributed by atoms with Gasteiger partial charge in [0.05, 0.1) is 13.0 Å². The number of anilines is 1. The van der Waals surface area contributed by atoms with Crippen molar-refractivity contribution in [3.63, 3.8) is 0 Å². The highest BCUT2D eigenvalue weighted by molar-refractivity contribution is 6.03. The lowest BCUT2D eigenvalue weighted by Crippen LogP contribution is -2.33. The van der Waals surface area contributed by atoms with Crippen LogP contribution in [0.1, 0.15) is 22.6 Å². The summed E-state index contributed by atoms with van der Waals surface area (Å²) in [6.07, 6.45) is 0.725. The fourth-order valence-corrected chi connectivity index (χ4v) is 3.78. The number of ether oxygens (including phenoxy) is 2. The summed E-state index contributed by atoms with van der Waals surface area (Å²) < 4.78 is 25.0. The summed E-state index contributed by atoms with van der Waals surface area (Å²) in [6, 6.07) is 18.4. The van der Waals surface area contributed by atoms with E-state index in [2.05, 4.69) is 10.1 Å². The molecule has 0 saturated carbocycles. The van der Waals surface area contributed by atoms with Gasteiger partial charge in [-0.25, -0.2) is 4.39 Å². The van der Waals surface area contributed by atoms with Gasteiger partial charge in [0.15, 0.2) is 11.6 Å². The molecular weight excluding hydrogens is 447 g/mol. The Labute approximate surface area is 197 Å². The van der Waals surface area contributed by atoms with Crippen LogP contribution in [-0.2, 0) is 27.2 Å². The Morgan fingerprint density at radius 1 is 1.09 bits per heavy atom. The van der Waals surface area contributed by atoms with Crippen LogP contribution in [0, 0.1) is 5.82 Å². The van der Waals surface area contributed by atoms with Crippen LogP contribution in [0.15, 0.2) is 66.7 Å². The Balaban J connectivity index is 0.00000306. The first-order valence-electron chi connectivity index (χ1n) is 10.2. The van der Waals surface area contributed by atoms with Crippen molar-refractivity contribution in [2.75, 3.05) is 12.4 Å². The molecule has 8 heteroatoms. The topological polar surface area (TPSA) is 90.7 Å². The number of nitrogens with two attached hydrogens (primary N) is 1. The van der Waals surface area contributed by atoms with Gasteiger partial charge in [-0.05, 0) is 59.9 Å². The molecule has 0 saturated heterocycles. The molecule has 0 bridgehead atoms. The van der Waals surface area contributed by atoms with E-state index in [1.165, 1.54) is 13.2 Å². The van der Waals surface area contributed by atoms with E-state index >= 15 is 0 Å². The predicted octanol–water partition coefficient (Wildman–Crippen LogP) is 4.36. The Bertz CT molecular complexity index is 1150. The number of hydrogen-bond acceptors (Lipinski definition) is 5. The molecule has 1 aliphatic heterocycles. The number of esters is 1. The largest absolute Gasteiger partial charge is 0.468 e. The highest BCUT2D eigenvalue weighted by Crippen LogP contribution is 2.35. The van der Waals surface area contributed by atoms with Gasteiger partial charge in [0.25, 0.3) is 0 Å². The molecule has 0 radical (unpaired) electrons. The molecule has 3 aromatic carbocycles. The fourth-order valence-electron chi connectivity index (χ4n) is 3.78. The highest BCUT2D eigenvalue weighted by Gasteiger charge is 2.30. The Kier molecular flexibility index (Phi) is 7.68. The quantitative estimate of drug-likeness (QED) is 0.501. The van der Waals surface area contributed by atoms with Crippen molar-refractivity contribution in [2.45, 2.75) is 24.8 Å². The van der Waals surface area contributed by atoms with Crippen LogP contribution in [-0.4, -0.2) is 25.0 Å². The highest BCUT2D eigenvalue weighted by atomic mass is 35.5. The summed E-state index contributed by atoms with van der Waals surface area (Å²) in [4.78, 5) is 23.8. The number of carbonyl (C=O) groups excluding carboxylic acids is 2. The number of carbonyl (C=O) groups is 2. The van der Waals surface area contributed by atoms with Crippen LogP contribution >= 0.6 is 12.4 Å². The number of amides is 1. The maximum Gasteiger partial charge on any atom is 0.322 e. The van der Waals surface area contributed by atoms with Crippen molar-refractivity contribution in [1.82, 2.24) is 0 Å². The molecular formula is C25H24ClFN2O4. The number of para-hydroxylation sites is 1. The zero-order valence-corrected chi connectivity index (χ0v) is 18.7. The van der Waals surface area contributed by atoms with Gasteiger partial charge in [0.1, 0.15) is 11.8 Å². The van der Waals surface area contributed by atoms with Gasteiger partial charge in [-0.3, -0.25) is 9.59 Å². The number of hydrogen-bond donors (Lipinski definition) is 2. The van der Waals surface area contributed by atoms with Crippen LogP contribution in [0.25, 0.3) is 0 Å². The summed E-state index contributed by atoms with van der Waals surface area (Å²) >= 11 is 0. The molecule has 2 atom stereocenters. The zero-order valence-electron chi connectivity index (χ0n) is 17.9. The second-order valence-electron chi connectivity index (χ2n) is 7.68. The van der Waals surface area contributed by atoms with Crippen LogP contribution in [0.4, 0.5) is 10.1 Å². The van der Waals surface area contributed by atoms with E-state index in [0.29, 0.717) is 24.2 Å². The van der Waals surface area contributed by atoms with Gasteiger partial charge in [-0.1, -0.05) is 36.4 Å². The van der Waals surface area contributed by atoms with Crippen molar-refractivity contribution in [3.05, 3.63) is 89.2 Å². The molecule has 0 aromatic heterocycles. The lowest BCUT2D eigenvalue weighted by Gasteiger charge is -2.12. The normalized spacial score (nSPS) is 15.1. The first-order valence-corrected chi connectivity index (χ1v) is 10.2. The van der Waals surface area contributed by atoms with E-state index in [1.807, 2.05) is 24.3 Å². The summed E-state index contributed by atoms with van der Waals surface area (Å²) in [6.45, 7) is 0. The average Bonchev–Trinajstić information content (AvgIpc) is 3.11. The lowest BCUT2D eigenvalue weighted by atomic mass is 9.93. The summed E-state index contributed by atoms with van der Waals surface area (Å²) in [5, 5.41) is 2.86. The molecule has 0 aliphatic carbocycles. The predicted molar refractivity (Wildman–Crippen MR) is 125 cm³/mol.